The number of pyridine rings is 1. The second kappa shape index (κ2) is 7.90. The molecule has 0 unspecified atom stereocenters. The largest absolute Gasteiger partial charge is 0.462 e. The van der Waals surface area contributed by atoms with Crippen molar-refractivity contribution in [1.29, 1.82) is 5.26 Å². The van der Waals surface area contributed by atoms with E-state index in [1.807, 2.05) is 42.5 Å². The summed E-state index contributed by atoms with van der Waals surface area (Å²) in [7, 11) is 0. The Labute approximate surface area is 151 Å². The Kier molecular flexibility index (Phi) is 5.20. The molecular weight excluding hydrogens is 328 g/mol. The van der Waals surface area contributed by atoms with E-state index >= 15 is 0 Å². The molecule has 3 aromatic rings. The van der Waals surface area contributed by atoms with Crippen LogP contribution in [-0.2, 0) is 9.53 Å². The van der Waals surface area contributed by atoms with Gasteiger partial charge in [0.25, 0.3) is 0 Å². The fourth-order valence-corrected chi connectivity index (χ4v) is 2.43. The first-order valence-corrected chi connectivity index (χ1v) is 8.07. The summed E-state index contributed by atoms with van der Waals surface area (Å²) in [5.74, 6) is -0.653. The number of esters is 1. The molecule has 0 amide bonds. The molecular formula is C20H16N4O2. The fraction of sp³-hybridized carbons (Fsp3) is 0.100. The van der Waals surface area contributed by atoms with Gasteiger partial charge in [0, 0.05) is 29.7 Å². The number of nitrogens with zero attached hydrogens (tertiary/aromatic N) is 4. The van der Waals surface area contributed by atoms with Gasteiger partial charge in [-0.25, -0.2) is 9.48 Å². The molecule has 2 aromatic heterocycles. The zero-order chi connectivity index (χ0) is 18.4. The Hall–Kier alpha value is -3.72. The molecule has 0 radical (unpaired) electrons. The molecule has 0 aliphatic heterocycles. The van der Waals surface area contributed by atoms with Crippen LogP contribution in [0.2, 0.25) is 0 Å². The van der Waals surface area contributed by atoms with Gasteiger partial charge < -0.3 is 4.74 Å². The van der Waals surface area contributed by atoms with E-state index in [4.69, 9.17) is 4.74 Å². The fourth-order valence-electron chi connectivity index (χ4n) is 2.43. The Morgan fingerprint density at radius 3 is 2.73 bits per heavy atom. The predicted octanol–water partition coefficient (Wildman–Crippen LogP) is 3.40. The first-order valence-electron chi connectivity index (χ1n) is 8.07. The molecule has 0 N–H and O–H groups in total. The third-order valence-corrected chi connectivity index (χ3v) is 3.61. The van der Waals surface area contributed by atoms with Crippen molar-refractivity contribution in [3.05, 3.63) is 72.2 Å². The molecule has 3 rings (SSSR count). The van der Waals surface area contributed by atoms with E-state index in [1.54, 1.807) is 36.3 Å². The summed E-state index contributed by atoms with van der Waals surface area (Å²) in [6.07, 6.45) is 6.62. The van der Waals surface area contributed by atoms with Gasteiger partial charge in [-0.15, -0.1) is 0 Å². The van der Waals surface area contributed by atoms with Gasteiger partial charge in [0.1, 0.15) is 17.3 Å². The number of ether oxygens (including phenoxy) is 1. The molecule has 0 saturated carbocycles. The van der Waals surface area contributed by atoms with E-state index in [2.05, 4.69) is 10.1 Å². The van der Waals surface area contributed by atoms with E-state index in [0.717, 1.165) is 11.3 Å². The molecule has 0 atom stereocenters. The number of carbonyl (C=O) groups is 1. The van der Waals surface area contributed by atoms with Gasteiger partial charge in [0.05, 0.1) is 12.3 Å². The summed E-state index contributed by atoms with van der Waals surface area (Å²) in [5, 5.41) is 13.9. The van der Waals surface area contributed by atoms with E-state index in [9.17, 15) is 10.1 Å². The third kappa shape index (κ3) is 3.68. The van der Waals surface area contributed by atoms with Crippen LogP contribution >= 0.6 is 0 Å². The smallest absolute Gasteiger partial charge is 0.348 e. The van der Waals surface area contributed by atoms with Gasteiger partial charge in [-0.1, -0.05) is 18.2 Å². The maximum Gasteiger partial charge on any atom is 0.348 e. The number of hydrogen-bond donors (Lipinski definition) is 0. The monoisotopic (exact) mass is 344 g/mol. The minimum atomic E-state index is -0.653. The highest BCUT2D eigenvalue weighted by molar-refractivity contribution is 5.98. The van der Waals surface area contributed by atoms with Gasteiger partial charge in [-0.3, -0.25) is 4.98 Å². The highest BCUT2D eigenvalue weighted by Gasteiger charge is 2.15. The van der Waals surface area contributed by atoms with E-state index in [0.29, 0.717) is 11.3 Å². The number of hydrogen-bond acceptors (Lipinski definition) is 5. The lowest BCUT2D eigenvalue weighted by molar-refractivity contribution is -0.137. The van der Waals surface area contributed by atoms with Crippen molar-refractivity contribution >= 4 is 12.0 Å². The quantitative estimate of drug-likeness (QED) is 0.402. The van der Waals surface area contributed by atoms with Crippen LogP contribution < -0.4 is 0 Å². The molecule has 0 saturated heterocycles. The minimum Gasteiger partial charge on any atom is -0.462 e. The molecule has 0 aliphatic carbocycles. The van der Waals surface area contributed by atoms with Crippen molar-refractivity contribution in [3.8, 4) is 23.0 Å². The third-order valence-electron chi connectivity index (χ3n) is 3.61. The standard InChI is InChI=1S/C20H16N4O2/c1-2-26-20(25)16(12-21)11-17-14-24(18-8-4-3-5-9-18)23-19(17)15-7-6-10-22-13-15/h3-11,13-14H,2H2,1H3/b16-11-. The molecule has 0 spiro atoms. The van der Waals surface area contributed by atoms with Crippen LogP contribution in [0.15, 0.2) is 66.6 Å². The number of rotatable bonds is 5. The Morgan fingerprint density at radius 2 is 2.08 bits per heavy atom. The molecule has 0 bridgehead atoms. The average Bonchev–Trinajstić information content (AvgIpc) is 3.11. The summed E-state index contributed by atoms with van der Waals surface area (Å²) in [4.78, 5) is 16.1. The van der Waals surface area contributed by atoms with Crippen LogP contribution in [0.25, 0.3) is 23.0 Å². The van der Waals surface area contributed by atoms with Gasteiger partial charge in [0.15, 0.2) is 0 Å². The normalized spacial score (nSPS) is 11.0. The Balaban J connectivity index is 2.12. The molecule has 2 heterocycles. The van der Waals surface area contributed by atoms with Crippen molar-refractivity contribution < 1.29 is 9.53 Å². The van der Waals surface area contributed by atoms with Gasteiger partial charge >= 0.3 is 5.97 Å². The van der Waals surface area contributed by atoms with Crippen molar-refractivity contribution in [2.45, 2.75) is 6.92 Å². The maximum atomic E-state index is 12.0. The maximum absolute atomic E-state index is 12.0. The van der Waals surface area contributed by atoms with Gasteiger partial charge in [-0.05, 0) is 37.3 Å². The lowest BCUT2D eigenvalue weighted by Gasteiger charge is -2.00. The van der Waals surface area contributed by atoms with E-state index in [-0.39, 0.29) is 12.2 Å². The molecule has 128 valence electrons. The summed E-state index contributed by atoms with van der Waals surface area (Å²) >= 11 is 0. The van der Waals surface area contributed by atoms with Crippen LogP contribution in [0, 0.1) is 11.3 Å². The average molecular weight is 344 g/mol. The van der Waals surface area contributed by atoms with Crippen molar-refractivity contribution in [1.82, 2.24) is 14.8 Å². The number of nitriles is 1. The number of para-hydroxylation sites is 1. The molecule has 26 heavy (non-hydrogen) atoms. The lowest BCUT2D eigenvalue weighted by Crippen LogP contribution is -2.06. The Bertz CT molecular complexity index is 970. The van der Waals surface area contributed by atoms with Crippen LogP contribution in [0.5, 0.6) is 0 Å². The second-order valence-corrected chi connectivity index (χ2v) is 5.35. The van der Waals surface area contributed by atoms with Crippen molar-refractivity contribution in [2.24, 2.45) is 0 Å². The summed E-state index contributed by atoms with van der Waals surface area (Å²) in [5.41, 5.74) is 2.83. The lowest BCUT2D eigenvalue weighted by atomic mass is 10.1. The van der Waals surface area contributed by atoms with Gasteiger partial charge in [-0.2, -0.15) is 10.4 Å². The van der Waals surface area contributed by atoms with E-state index < -0.39 is 5.97 Å². The van der Waals surface area contributed by atoms with Crippen LogP contribution in [-0.4, -0.2) is 27.3 Å². The zero-order valence-corrected chi connectivity index (χ0v) is 14.2. The topological polar surface area (TPSA) is 80.8 Å². The zero-order valence-electron chi connectivity index (χ0n) is 14.2. The minimum absolute atomic E-state index is 0.0791. The highest BCUT2D eigenvalue weighted by atomic mass is 16.5. The van der Waals surface area contributed by atoms with E-state index in [1.165, 1.54) is 6.08 Å². The van der Waals surface area contributed by atoms with Crippen LogP contribution in [0.4, 0.5) is 0 Å². The number of benzene rings is 1. The molecule has 0 aliphatic rings. The van der Waals surface area contributed by atoms with Crippen LogP contribution in [0.3, 0.4) is 0 Å². The van der Waals surface area contributed by atoms with Crippen molar-refractivity contribution in [3.63, 3.8) is 0 Å². The van der Waals surface area contributed by atoms with Crippen LogP contribution in [0.1, 0.15) is 12.5 Å². The summed E-state index contributed by atoms with van der Waals surface area (Å²) in [6.45, 7) is 1.90. The molecule has 6 heteroatoms. The van der Waals surface area contributed by atoms with Crippen molar-refractivity contribution in [2.75, 3.05) is 6.61 Å². The Morgan fingerprint density at radius 1 is 1.27 bits per heavy atom. The second-order valence-electron chi connectivity index (χ2n) is 5.35. The molecule has 1 aromatic carbocycles. The predicted molar refractivity (Wildman–Crippen MR) is 97.0 cm³/mol. The molecule has 0 fully saturated rings. The number of aromatic nitrogens is 3. The summed E-state index contributed by atoms with van der Waals surface area (Å²) in [6, 6.07) is 15.2. The SMILES string of the molecule is CCOC(=O)/C(C#N)=C\c1cn(-c2ccccc2)nc1-c1cccnc1. The highest BCUT2D eigenvalue weighted by Crippen LogP contribution is 2.25. The summed E-state index contributed by atoms with van der Waals surface area (Å²) < 4.78 is 6.64. The van der Waals surface area contributed by atoms with Gasteiger partial charge in [0.2, 0.25) is 0 Å². The number of carbonyl (C=O) groups excluding carboxylic acids is 1. The first kappa shape index (κ1) is 17.1. The first-order chi connectivity index (χ1) is 12.7. The molecule has 6 nitrogen and oxygen atoms in total.